The van der Waals surface area contributed by atoms with Crippen molar-refractivity contribution in [2.45, 2.75) is 30.6 Å². The van der Waals surface area contributed by atoms with Gasteiger partial charge in [0.1, 0.15) is 30.6 Å². The van der Waals surface area contributed by atoms with Gasteiger partial charge in [0.05, 0.1) is 12.9 Å². The highest BCUT2D eigenvalue weighted by atomic mass is 32.2. The summed E-state index contributed by atoms with van der Waals surface area (Å²) in [5.41, 5.74) is 0. The molecule has 1 saturated heterocycles. The van der Waals surface area contributed by atoms with Gasteiger partial charge >= 0.3 is 0 Å². The molecule has 0 saturated carbocycles. The van der Waals surface area contributed by atoms with Crippen LogP contribution < -0.4 is 4.72 Å². The standard InChI is InChI=1S/C7H15NO7S/c1-16(13,14)8-7-6(12)5(11)4(10)3(2-9)15-7/h3-12H,2H2,1H3/t3-,4-,5+,6-,7-/m1/s1. The summed E-state index contributed by atoms with van der Waals surface area (Å²) in [4.78, 5) is 0. The molecule has 0 bridgehead atoms. The Kier molecular flexibility index (Phi) is 4.23. The first-order valence-electron chi connectivity index (χ1n) is 4.54. The van der Waals surface area contributed by atoms with Gasteiger partial charge < -0.3 is 25.2 Å². The second-order valence-electron chi connectivity index (χ2n) is 3.64. The Morgan fingerprint density at radius 3 is 2.19 bits per heavy atom. The van der Waals surface area contributed by atoms with E-state index in [4.69, 9.17) is 9.84 Å². The maximum Gasteiger partial charge on any atom is 0.210 e. The third-order valence-corrected chi connectivity index (χ3v) is 2.88. The molecule has 5 atom stereocenters. The summed E-state index contributed by atoms with van der Waals surface area (Å²) >= 11 is 0. The lowest BCUT2D eigenvalue weighted by atomic mass is 9.99. The van der Waals surface area contributed by atoms with E-state index in [1.165, 1.54) is 0 Å². The second-order valence-corrected chi connectivity index (χ2v) is 5.42. The smallest absolute Gasteiger partial charge is 0.210 e. The van der Waals surface area contributed by atoms with E-state index in [2.05, 4.69) is 0 Å². The number of sulfonamides is 1. The maximum absolute atomic E-state index is 10.9. The molecule has 0 unspecified atom stereocenters. The number of hydrogen-bond acceptors (Lipinski definition) is 7. The van der Waals surface area contributed by atoms with Crippen LogP contribution in [0.2, 0.25) is 0 Å². The molecule has 16 heavy (non-hydrogen) atoms. The lowest BCUT2D eigenvalue weighted by molar-refractivity contribution is -0.231. The van der Waals surface area contributed by atoms with Crippen molar-refractivity contribution in [3.63, 3.8) is 0 Å². The third kappa shape index (κ3) is 3.10. The topological polar surface area (TPSA) is 136 Å². The molecule has 0 aliphatic carbocycles. The van der Waals surface area contributed by atoms with E-state index in [-0.39, 0.29) is 0 Å². The highest BCUT2D eigenvalue weighted by Gasteiger charge is 2.44. The molecular weight excluding hydrogens is 242 g/mol. The van der Waals surface area contributed by atoms with Gasteiger partial charge in [-0.3, -0.25) is 0 Å². The van der Waals surface area contributed by atoms with Crippen molar-refractivity contribution >= 4 is 10.0 Å². The van der Waals surface area contributed by atoms with E-state index in [1.807, 2.05) is 4.72 Å². The van der Waals surface area contributed by atoms with Crippen LogP contribution in [-0.2, 0) is 14.8 Å². The fourth-order valence-electron chi connectivity index (χ4n) is 1.41. The Morgan fingerprint density at radius 2 is 1.75 bits per heavy atom. The number of aliphatic hydroxyl groups is 4. The zero-order valence-corrected chi connectivity index (χ0v) is 9.33. The van der Waals surface area contributed by atoms with Crippen molar-refractivity contribution in [3.05, 3.63) is 0 Å². The quantitative estimate of drug-likeness (QED) is 0.351. The summed E-state index contributed by atoms with van der Waals surface area (Å²) in [6.07, 6.45) is -6.37. The van der Waals surface area contributed by atoms with Gasteiger partial charge in [0, 0.05) is 0 Å². The van der Waals surface area contributed by atoms with Gasteiger partial charge in [-0.25, -0.2) is 8.42 Å². The highest BCUT2D eigenvalue weighted by Crippen LogP contribution is 2.19. The lowest BCUT2D eigenvalue weighted by Gasteiger charge is -2.39. The Hall–Kier alpha value is -0.290. The van der Waals surface area contributed by atoms with E-state index in [1.54, 1.807) is 0 Å². The van der Waals surface area contributed by atoms with Crippen LogP contribution in [0, 0.1) is 0 Å². The third-order valence-electron chi connectivity index (χ3n) is 2.22. The number of aliphatic hydroxyl groups excluding tert-OH is 4. The molecule has 1 rings (SSSR count). The summed E-state index contributed by atoms with van der Waals surface area (Å²) in [6, 6.07) is 0. The number of nitrogens with one attached hydrogen (secondary N) is 1. The largest absolute Gasteiger partial charge is 0.394 e. The second kappa shape index (κ2) is 4.92. The molecule has 96 valence electrons. The van der Waals surface area contributed by atoms with Crippen LogP contribution in [0.25, 0.3) is 0 Å². The lowest BCUT2D eigenvalue weighted by Crippen LogP contribution is -2.63. The fourth-order valence-corrected chi connectivity index (χ4v) is 2.03. The van der Waals surface area contributed by atoms with Crippen LogP contribution in [0.4, 0.5) is 0 Å². The van der Waals surface area contributed by atoms with Gasteiger partial charge in [0.15, 0.2) is 0 Å². The van der Waals surface area contributed by atoms with Gasteiger partial charge in [-0.1, -0.05) is 0 Å². The Labute approximate surface area is 92.5 Å². The number of ether oxygens (including phenoxy) is 1. The van der Waals surface area contributed by atoms with Crippen LogP contribution in [0.3, 0.4) is 0 Å². The monoisotopic (exact) mass is 257 g/mol. The van der Waals surface area contributed by atoms with Gasteiger partial charge in [-0.15, -0.1) is 0 Å². The first-order valence-corrected chi connectivity index (χ1v) is 6.43. The zero-order valence-electron chi connectivity index (χ0n) is 8.52. The van der Waals surface area contributed by atoms with Crippen LogP contribution in [0.15, 0.2) is 0 Å². The molecule has 1 aliphatic rings. The molecule has 0 spiro atoms. The minimum Gasteiger partial charge on any atom is -0.394 e. The van der Waals surface area contributed by atoms with Crippen molar-refractivity contribution < 1.29 is 33.6 Å². The molecule has 1 fully saturated rings. The number of rotatable bonds is 3. The average Bonchev–Trinajstić information content (AvgIpc) is 2.17. The molecule has 0 radical (unpaired) electrons. The molecule has 0 aromatic rings. The number of hydrogen-bond donors (Lipinski definition) is 5. The van der Waals surface area contributed by atoms with Crippen LogP contribution in [0.1, 0.15) is 0 Å². The van der Waals surface area contributed by atoms with E-state index < -0.39 is 47.3 Å². The molecule has 1 heterocycles. The molecular formula is C7H15NO7S. The zero-order chi connectivity index (χ0) is 12.5. The molecule has 8 nitrogen and oxygen atoms in total. The van der Waals surface area contributed by atoms with E-state index in [0.717, 1.165) is 6.26 Å². The van der Waals surface area contributed by atoms with Gasteiger partial charge in [0.25, 0.3) is 0 Å². The molecule has 9 heteroatoms. The Bertz CT molecular complexity index is 330. The van der Waals surface area contributed by atoms with Gasteiger partial charge in [0.2, 0.25) is 10.0 Å². The maximum atomic E-state index is 10.9. The van der Waals surface area contributed by atoms with Crippen LogP contribution in [0.5, 0.6) is 0 Å². The predicted molar refractivity (Wildman–Crippen MR) is 51.7 cm³/mol. The first-order chi connectivity index (χ1) is 7.26. The minimum atomic E-state index is -3.64. The molecule has 0 aromatic carbocycles. The van der Waals surface area contributed by atoms with E-state index in [0.29, 0.717) is 0 Å². The normalized spacial score (nSPS) is 40.9. The fraction of sp³-hybridized carbons (Fsp3) is 1.00. The summed E-state index contributed by atoms with van der Waals surface area (Å²) in [6.45, 7) is -0.604. The van der Waals surface area contributed by atoms with E-state index in [9.17, 15) is 23.7 Å². The summed E-state index contributed by atoms with van der Waals surface area (Å²) in [7, 11) is -3.64. The molecule has 0 amide bonds. The van der Waals surface area contributed by atoms with Gasteiger partial charge in [-0.05, 0) is 0 Å². The van der Waals surface area contributed by atoms with Crippen LogP contribution >= 0.6 is 0 Å². The first kappa shape index (κ1) is 13.8. The van der Waals surface area contributed by atoms with Gasteiger partial charge in [-0.2, -0.15) is 4.72 Å². The predicted octanol–water partition coefficient (Wildman–Crippen LogP) is -3.66. The summed E-state index contributed by atoms with van der Waals surface area (Å²) < 4.78 is 28.7. The SMILES string of the molecule is CS(=O)(=O)N[C@@H]1O[C@H](CO)[C@@H](O)[C@H](O)[C@H]1O. The highest BCUT2D eigenvalue weighted by molar-refractivity contribution is 7.88. The summed E-state index contributed by atoms with van der Waals surface area (Å²) in [5.74, 6) is 0. The van der Waals surface area contributed by atoms with Crippen molar-refractivity contribution in [2.75, 3.05) is 12.9 Å². The summed E-state index contributed by atoms with van der Waals surface area (Å²) in [5, 5.41) is 37.0. The van der Waals surface area contributed by atoms with Crippen molar-refractivity contribution in [1.82, 2.24) is 4.72 Å². The van der Waals surface area contributed by atoms with Crippen molar-refractivity contribution in [1.29, 1.82) is 0 Å². The van der Waals surface area contributed by atoms with Crippen molar-refractivity contribution in [2.24, 2.45) is 0 Å². The Morgan fingerprint density at radius 1 is 1.19 bits per heavy atom. The van der Waals surface area contributed by atoms with Crippen molar-refractivity contribution in [3.8, 4) is 0 Å². The molecule has 5 N–H and O–H groups in total. The molecule has 1 aliphatic heterocycles. The minimum absolute atomic E-state index is 0.604. The Balaban J connectivity index is 2.79. The van der Waals surface area contributed by atoms with E-state index >= 15 is 0 Å². The molecule has 0 aromatic heterocycles. The van der Waals surface area contributed by atoms with Crippen LogP contribution in [-0.4, -0.2) is 72.4 Å². The average molecular weight is 257 g/mol.